The fraction of sp³-hybridized carbons (Fsp3) is 0.389. The Bertz CT molecular complexity index is 881. The fourth-order valence-corrected chi connectivity index (χ4v) is 4.09. The van der Waals surface area contributed by atoms with Gasteiger partial charge in [0.05, 0.1) is 5.57 Å². The first-order valence-corrected chi connectivity index (χ1v) is 9.41. The summed E-state index contributed by atoms with van der Waals surface area (Å²) in [5, 5.41) is 14.7. The monoisotopic (exact) mass is 397 g/mol. The molecule has 27 heavy (non-hydrogen) atoms. The second-order valence-electron chi connectivity index (χ2n) is 6.63. The zero-order valence-corrected chi connectivity index (χ0v) is 15.3. The number of hydrogen-bond acceptors (Lipinski definition) is 6. The summed E-state index contributed by atoms with van der Waals surface area (Å²) >= 11 is 0.833. The number of alkyl halides is 3. The molecule has 0 radical (unpaired) electrons. The van der Waals surface area contributed by atoms with Crippen LogP contribution in [0.5, 0.6) is 5.75 Å². The molecule has 2 aromatic rings. The molecular weight excluding hydrogens is 379 g/mol. The van der Waals surface area contributed by atoms with E-state index in [4.69, 9.17) is 4.74 Å². The van der Waals surface area contributed by atoms with Gasteiger partial charge in [0.2, 0.25) is 6.29 Å². The summed E-state index contributed by atoms with van der Waals surface area (Å²) in [7, 11) is 0. The van der Waals surface area contributed by atoms with Crippen LogP contribution in [0.25, 0.3) is 11.6 Å². The number of aliphatic hydroxyl groups excluding tert-OH is 1. The third-order valence-electron chi connectivity index (χ3n) is 4.59. The van der Waals surface area contributed by atoms with Gasteiger partial charge in [-0.05, 0) is 25.1 Å². The Morgan fingerprint density at radius 2 is 2.19 bits per heavy atom. The van der Waals surface area contributed by atoms with Crippen LogP contribution < -0.4 is 15.0 Å². The number of ether oxygens (including phenoxy) is 1. The lowest BCUT2D eigenvalue weighted by Crippen LogP contribution is -2.49. The van der Waals surface area contributed by atoms with Crippen molar-refractivity contribution in [2.75, 3.05) is 24.5 Å². The van der Waals surface area contributed by atoms with Crippen molar-refractivity contribution in [2.24, 2.45) is 0 Å². The lowest BCUT2D eigenvalue weighted by Gasteiger charge is -2.34. The van der Waals surface area contributed by atoms with Gasteiger partial charge in [0.1, 0.15) is 10.8 Å². The van der Waals surface area contributed by atoms with Gasteiger partial charge < -0.3 is 20.1 Å². The number of aromatic nitrogens is 1. The molecule has 2 unspecified atom stereocenters. The Morgan fingerprint density at radius 3 is 2.89 bits per heavy atom. The average molecular weight is 397 g/mol. The molecule has 0 spiro atoms. The second-order valence-corrected chi connectivity index (χ2v) is 7.49. The van der Waals surface area contributed by atoms with Crippen molar-refractivity contribution in [2.45, 2.75) is 25.4 Å². The smallest absolute Gasteiger partial charge is 0.434 e. The van der Waals surface area contributed by atoms with Gasteiger partial charge in [-0.15, -0.1) is 11.3 Å². The minimum atomic E-state index is -4.51. The molecule has 1 aromatic heterocycles. The van der Waals surface area contributed by atoms with Crippen molar-refractivity contribution in [3.63, 3.8) is 0 Å². The van der Waals surface area contributed by atoms with Crippen LogP contribution in [0.1, 0.15) is 23.2 Å². The van der Waals surface area contributed by atoms with Gasteiger partial charge in [-0.3, -0.25) is 0 Å². The Labute approximate surface area is 158 Å². The van der Waals surface area contributed by atoms with E-state index >= 15 is 0 Å². The molecular formula is C18H18F3N3O2S. The fourth-order valence-electron chi connectivity index (χ4n) is 3.23. The SMILES string of the molecule is CC1CN(c2ccc3c(c2)OC(O)C(c2nc(C(F)(F)F)cs2)=C3)CCN1. The minimum Gasteiger partial charge on any atom is -0.460 e. The number of rotatable bonds is 2. The highest BCUT2D eigenvalue weighted by atomic mass is 32.1. The highest BCUT2D eigenvalue weighted by Gasteiger charge is 2.35. The number of piperazine rings is 1. The molecule has 4 rings (SSSR count). The first kappa shape index (κ1) is 18.3. The van der Waals surface area contributed by atoms with Crippen molar-refractivity contribution in [1.82, 2.24) is 10.3 Å². The van der Waals surface area contributed by atoms with E-state index in [1.165, 1.54) is 0 Å². The topological polar surface area (TPSA) is 57.6 Å². The maximum absolute atomic E-state index is 12.8. The predicted molar refractivity (Wildman–Crippen MR) is 97.7 cm³/mol. The summed E-state index contributed by atoms with van der Waals surface area (Å²) in [4.78, 5) is 5.83. The number of fused-ring (bicyclic) bond motifs is 1. The van der Waals surface area contributed by atoms with E-state index in [0.29, 0.717) is 17.4 Å². The lowest BCUT2D eigenvalue weighted by atomic mass is 10.1. The van der Waals surface area contributed by atoms with Gasteiger partial charge >= 0.3 is 6.18 Å². The molecule has 2 atom stereocenters. The summed E-state index contributed by atoms with van der Waals surface area (Å²) in [6, 6.07) is 6.03. The van der Waals surface area contributed by atoms with Crippen LogP contribution in [0.4, 0.5) is 18.9 Å². The number of nitrogens with one attached hydrogen (secondary N) is 1. The van der Waals surface area contributed by atoms with Gasteiger partial charge in [-0.25, -0.2) is 4.98 Å². The molecule has 0 saturated carbocycles. The molecule has 9 heteroatoms. The summed E-state index contributed by atoms with van der Waals surface area (Å²) < 4.78 is 43.9. The van der Waals surface area contributed by atoms with Gasteiger partial charge in [-0.2, -0.15) is 13.2 Å². The molecule has 0 bridgehead atoms. The summed E-state index contributed by atoms with van der Waals surface area (Å²) in [5.74, 6) is 0.502. The highest BCUT2D eigenvalue weighted by molar-refractivity contribution is 7.10. The number of aliphatic hydroxyl groups is 1. The number of benzene rings is 1. The summed E-state index contributed by atoms with van der Waals surface area (Å²) in [6.07, 6.45) is -4.24. The first-order valence-electron chi connectivity index (χ1n) is 8.53. The molecule has 1 aromatic carbocycles. The molecule has 0 amide bonds. The second kappa shape index (κ2) is 6.81. The Morgan fingerprint density at radius 1 is 1.37 bits per heavy atom. The predicted octanol–water partition coefficient (Wildman–Crippen LogP) is 3.21. The van der Waals surface area contributed by atoms with Crippen molar-refractivity contribution < 1.29 is 23.0 Å². The molecule has 1 fully saturated rings. The van der Waals surface area contributed by atoms with Crippen molar-refractivity contribution in [3.05, 3.63) is 39.8 Å². The molecule has 2 N–H and O–H groups in total. The number of thiazole rings is 1. The van der Waals surface area contributed by atoms with E-state index in [2.05, 4.69) is 22.1 Å². The van der Waals surface area contributed by atoms with Crippen LogP contribution in [0.3, 0.4) is 0 Å². The minimum absolute atomic E-state index is 0.0977. The average Bonchev–Trinajstić information content (AvgIpc) is 3.11. The van der Waals surface area contributed by atoms with Crippen LogP contribution >= 0.6 is 11.3 Å². The maximum atomic E-state index is 12.8. The van der Waals surface area contributed by atoms with Gasteiger partial charge in [0.15, 0.2) is 5.69 Å². The van der Waals surface area contributed by atoms with Crippen LogP contribution in [0, 0.1) is 0 Å². The molecule has 1 saturated heterocycles. The van der Waals surface area contributed by atoms with Crippen molar-refractivity contribution in [3.8, 4) is 5.75 Å². The lowest BCUT2D eigenvalue weighted by molar-refractivity contribution is -0.140. The molecule has 144 valence electrons. The number of halogens is 3. The van der Waals surface area contributed by atoms with E-state index in [1.54, 1.807) is 6.08 Å². The van der Waals surface area contributed by atoms with Gasteiger partial charge in [-0.1, -0.05) is 0 Å². The van der Waals surface area contributed by atoms with Gasteiger partial charge in [0, 0.05) is 48.4 Å². The summed E-state index contributed by atoms with van der Waals surface area (Å²) in [6.45, 7) is 4.73. The molecule has 2 aliphatic heterocycles. The maximum Gasteiger partial charge on any atom is 0.434 e. The van der Waals surface area contributed by atoms with E-state index in [0.717, 1.165) is 42.0 Å². The van der Waals surface area contributed by atoms with Crippen molar-refractivity contribution in [1.29, 1.82) is 0 Å². The normalized spacial score (nSPS) is 22.9. The first-order chi connectivity index (χ1) is 12.8. The van der Waals surface area contributed by atoms with Crippen LogP contribution in [0.15, 0.2) is 23.6 Å². The third-order valence-corrected chi connectivity index (χ3v) is 5.48. The summed E-state index contributed by atoms with van der Waals surface area (Å²) in [5.41, 5.74) is 0.946. The third kappa shape index (κ3) is 3.67. The largest absolute Gasteiger partial charge is 0.460 e. The van der Waals surface area contributed by atoms with E-state index in [1.807, 2.05) is 18.2 Å². The Kier molecular flexibility index (Phi) is 4.61. The zero-order chi connectivity index (χ0) is 19.2. The Hall–Kier alpha value is -2.10. The molecule has 2 aliphatic rings. The van der Waals surface area contributed by atoms with E-state index < -0.39 is 18.2 Å². The van der Waals surface area contributed by atoms with E-state index in [9.17, 15) is 18.3 Å². The van der Waals surface area contributed by atoms with Crippen LogP contribution in [-0.4, -0.2) is 42.1 Å². The number of anilines is 1. The number of hydrogen-bond donors (Lipinski definition) is 2. The zero-order valence-electron chi connectivity index (χ0n) is 14.5. The molecule has 0 aliphatic carbocycles. The van der Waals surface area contributed by atoms with Crippen molar-refractivity contribution >= 4 is 28.7 Å². The Balaban J connectivity index is 1.63. The number of nitrogens with zero attached hydrogens (tertiary/aromatic N) is 2. The van der Waals surface area contributed by atoms with Gasteiger partial charge in [0.25, 0.3) is 0 Å². The van der Waals surface area contributed by atoms with Crippen LogP contribution in [-0.2, 0) is 6.18 Å². The standard InChI is InChI=1S/C18H18F3N3O2S/c1-10-8-24(5-4-22-10)12-3-2-11-6-13(17(25)26-14(11)7-12)16-23-15(9-27-16)18(19,20)21/h2-3,6-7,9-10,17,22,25H,4-5,8H2,1H3. The van der Waals surface area contributed by atoms with Crippen LogP contribution in [0.2, 0.25) is 0 Å². The van der Waals surface area contributed by atoms with E-state index in [-0.39, 0.29) is 10.6 Å². The highest BCUT2D eigenvalue weighted by Crippen LogP contribution is 2.38. The molecule has 5 nitrogen and oxygen atoms in total. The molecule has 3 heterocycles. The quantitative estimate of drug-likeness (QED) is 0.815.